The summed E-state index contributed by atoms with van der Waals surface area (Å²) in [6.45, 7) is 3.20. The number of benzene rings is 3. The highest BCUT2D eigenvalue weighted by Gasteiger charge is 2.27. The summed E-state index contributed by atoms with van der Waals surface area (Å²) in [7, 11) is 0. The molecule has 0 bridgehead atoms. The fourth-order valence-corrected chi connectivity index (χ4v) is 4.09. The van der Waals surface area contributed by atoms with Crippen molar-refractivity contribution < 1.29 is 28.9 Å². The van der Waals surface area contributed by atoms with Crippen LogP contribution in [0, 0.1) is 12.7 Å². The first-order valence-electron chi connectivity index (χ1n) is 12.0. The summed E-state index contributed by atoms with van der Waals surface area (Å²) in [5.41, 5.74) is 0.652. The Kier molecular flexibility index (Phi) is 7.87. The molecule has 4 rings (SSSR count). The Morgan fingerprint density at radius 1 is 1.05 bits per heavy atom. The van der Waals surface area contributed by atoms with Gasteiger partial charge in [0.2, 0.25) is 5.88 Å². The maximum Gasteiger partial charge on any atom is 0.305 e. The van der Waals surface area contributed by atoms with Gasteiger partial charge in [-0.1, -0.05) is 66.7 Å². The third-order valence-corrected chi connectivity index (χ3v) is 6.13. The second kappa shape index (κ2) is 11.3. The van der Waals surface area contributed by atoms with E-state index in [1.807, 2.05) is 25.1 Å². The first-order valence-corrected chi connectivity index (χ1v) is 12.0. The number of aliphatic carboxylic acids is 1. The van der Waals surface area contributed by atoms with E-state index in [1.165, 1.54) is 24.3 Å². The maximum atomic E-state index is 14.7. The molecule has 0 spiro atoms. The van der Waals surface area contributed by atoms with Crippen molar-refractivity contribution in [3.05, 3.63) is 113 Å². The number of para-hydroxylation sites is 1. The highest BCUT2D eigenvalue weighted by molar-refractivity contribution is 5.93. The summed E-state index contributed by atoms with van der Waals surface area (Å²) < 4.78 is 21.7. The lowest BCUT2D eigenvalue weighted by atomic mass is 9.97. The Labute approximate surface area is 219 Å². The van der Waals surface area contributed by atoms with Crippen molar-refractivity contribution >= 4 is 11.9 Å². The van der Waals surface area contributed by atoms with Gasteiger partial charge in [-0.15, -0.1) is 0 Å². The molecule has 9 heteroatoms. The number of aryl methyl sites for hydroxylation is 1. The number of ether oxygens (including phenoxy) is 1. The monoisotopic (exact) mass is 517 g/mol. The first-order chi connectivity index (χ1) is 18.2. The van der Waals surface area contributed by atoms with Gasteiger partial charge in [0, 0.05) is 6.07 Å². The molecule has 0 aliphatic heterocycles. The first kappa shape index (κ1) is 26.6. The normalized spacial score (nSPS) is 13.4. The van der Waals surface area contributed by atoms with E-state index in [-0.39, 0.29) is 30.3 Å². The molecule has 38 heavy (non-hydrogen) atoms. The maximum absolute atomic E-state index is 14.7. The third kappa shape index (κ3) is 6.07. The van der Waals surface area contributed by atoms with Crippen LogP contribution < -0.4 is 10.1 Å². The van der Waals surface area contributed by atoms with Gasteiger partial charge in [0.05, 0.1) is 12.5 Å². The van der Waals surface area contributed by atoms with E-state index in [4.69, 9.17) is 4.74 Å². The van der Waals surface area contributed by atoms with Crippen molar-refractivity contribution in [1.29, 1.82) is 0 Å². The number of hydrogen-bond acceptors (Lipinski definition) is 5. The molecule has 1 amide bonds. The molecule has 0 fully saturated rings. The molecule has 0 saturated carbocycles. The lowest BCUT2D eigenvalue weighted by molar-refractivity contribution is -0.137. The van der Waals surface area contributed by atoms with Gasteiger partial charge in [0.15, 0.2) is 5.69 Å². The largest absolute Gasteiger partial charge is 0.481 e. The van der Waals surface area contributed by atoms with Gasteiger partial charge in [-0.25, -0.2) is 4.39 Å². The van der Waals surface area contributed by atoms with Crippen LogP contribution in [0.4, 0.5) is 4.39 Å². The molecule has 0 radical (unpaired) electrons. The fourth-order valence-electron chi connectivity index (χ4n) is 4.09. The Hall–Kier alpha value is -4.50. The molecule has 196 valence electrons. The van der Waals surface area contributed by atoms with Crippen LogP contribution in [0.15, 0.2) is 84.9 Å². The molecular weight excluding hydrogens is 489 g/mol. The van der Waals surface area contributed by atoms with E-state index in [0.717, 1.165) is 10.2 Å². The number of carbonyl (C=O) groups excluding carboxylic acids is 1. The molecule has 3 aromatic carbocycles. The number of nitrogens with one attached hydrogen (secondary N) is 1. The van der Waals surface area contributed by atoms with Crippen LogP contribution in [0.2, 0.25) is 0 Å². The quantitative estimate of drug-likeness (QED) is 0.284. The highest BCUT2D eigenvalue weighted by Crippen LogP contribution is 2.27. The average molecular weight is 518 g/mol. The summed E-state index contributed by atoms with van der Waals surface area (Å²) >= 11 is 0. The van der Waals surface area contributed by atoms with E-state index in [2.05, 4.69) is 10.4 Å². The second-order valence-corrected chi connectivity index (χ2v) is 9.14. The summed E-state index contributed by atoms with van der Waals surface area (Å²) in [6, 6.07) is 22.5. The number of carbonyl (C=O) groups is 2. The van der Waals surface area contributed by atoms with Gasteiger partial charge in [0.25, 0.3) is 5.91 Å². The van der Waals surface area contributed by atoms with E-state index in [9.17, 15) is 24.2 Å². The molecule has 0 unspecified atom stereocenters. The van der Waals surface area contributed by atoms with E-state index in [1.54, 1.807) is 49.4 Å². The van der Waals surface area contributed by atoms with Gasteiger partial charge < -0.3 is 20.3 Å². The summed E-state index contributed by atoms with van der Waals surface area (Å²) in [6.07, 6.45) is -0.339. The van der Waals surface area contributed by atoms with Crippen LogP contribution >= 0.6 is 0 Å². The van der Waals surface area contributed by atoms with Crippen LogP contribution in [-0.4, -0.2) is 38.5 Å². The van der Waals surface area contributed by atoms with Crippen molar-refractivity contribution in [3.63, 3.8) is 0 Å². The fraction of sp³-hybridized carbons (Fsp3) is 0.207. The van der Waals surface area contributed by atoms with E-state index in [0.29, 0.717) is 11.1 Å². The minimum atomic E-state index is -1.38. The number of carboxylic acids is 1. The standard InChI is InChI=1S/C29H28FN3O5/c1-19-10-6-7-13-21(19)23(17-27(34)35)31-28(36)24-16-26(33(32-24)25-15-9-8-14-22(25)30)38-18-29(2,37)20-11-4-3-5-12-20/h3-16,23,37H,17-18H2,1-2H3,(H,31,36)(H,34,35)/t23-,29+/m0/s1. The molecular formula is C29H28FN3O5. The van der Waals surface area contributed by atoms with Gasteiger partial charge >= 0.3 is 5.97 Å². The zero-order valence-corrected chi connectivity index (χ0v) is 21.0. The molecule has 3 N–H and O–H groups in total. The summed E-state index contributed by atoms with van der Waals surface area (Å²) in [5.74, 6) is -2.30. The molecule has 1 aromatic heterocycles. The van der Waals surface area contributed by atoms with Crippen LogP contribution in [0.25, 0.3) is 5.69 Å². The van der Waals surface area contributed by atoms with Gasteiger partial charge in [-0.2, -0.15) is 9.78 Å². The van der Waals surface area contributed by atoms with E-state index >= 15 is 0 Å². The predicted octanol–water partition coefficient (Wildman–Crippen LogP) is 4.55. The van der Waals surface area contributed by atoms with Crippen molar-refractivity contribution in [1.82, 2.24) is 15.1 Å². The molecule has 0 saturated heterocycles. The summed E-state index contributed by atoms with van der Waals surface area (Å²) in [5, 5.41) is 27.4. The second-order valence-electron chi connectivity index (χ2n) is 9.14. The Morgan fingerprint density at radius 3 is 2.39 bits per heavy atom. The molecule has 8 nitrogen and oxygen atoms in total. The number of rotatable bonds is 10. The molecule has 2 atom stereocenters. The number of nitrogens with zero attached hydrogens (tertiary/aromatic N) is 2. The van der Waals surface area contributed by atoms with E-state index < -0.39 is 29.3 Å². The lowest BCUT2D eigenvalue weighted by Gasteiger charge is -2.24. The zero-order valence-electron chi connectivity index (χ0n) is 21.0. The SMILES string of the molecule is Cc1ccccc1[C@H](CC(=O)O)NC(=O)c1cc(OC[C@@](C)(O)c2ccccc2)n(-c2ccccc2F)n1. The smallest absolute Gasteiger partial charge is 0.305 e. The Morgan fingerprint density at radius 2 is 1.71 bits per heavy atom. The number of carboxylic acid groups (broad SMARTS) is 1. The predicted molar refractivity (Wildman–Crippen MR) is 139 cm³/mol. The van der Waals surface area contributed by atoms with Crippen molar-refractivity contribution in [2.45, 2.75) is 31.9 Å². The van der Waals surface area contributed by atoms with Gasteiger partial charge in [-0.05, 0) is 42.7 Å². The van der Waals surface area contributed by atoms with Gasteiger partial charge in [-0.3, -0.25) is 9.59 Å². The van der Waals surface area contributed by atoms with Crippen LogP contribution in [0.5, 0.6) is 5.88 Å². The number of hydrogen-bond donors (Lipinski definition) is 3. The highest BCUT2D eigenvalue weighted by atomic mass is 19.1. The molecule has 0 aliphatic rings. The topological polar surface area (TPSA) is 114 Å². The summed E-state index contributed by atoms with van der Waals surface area (Å²) in [4.78, 5) is 24.8. The average Bonchev–Trinajstić information content (AvgIpc) is 3.32. The van der Waals surface area contributed by atoms with Gasteiger partial charge in [0.1, 0.15) is 23.7 Å². The Bertz CT molecular complexity index is 1440. The van der Waals surface area contributed by atoms with Crippen molar-refractivity contribution in [3.8, 4) is 11.6 Å². The number of halogens is 1. The molecule has 1 heterocycles. The Balaban J connectivity index is 1.65. The minimum Gasteiger partial charge on any atom is -0.481 e. The van der Waals surface area contributed by atoms with Crippen LogP contribution in [-0.2, 0) is 10.4 Å². The minimum absolute atomic E-state index is 0.0298. The lowest BCUT2D eigenvalue weighted by Crippen LogP contribution is -2.31. The van der Waals surface area contributed by atoms with Crippen molar-refractivity contribution in [2.75, 3.05) is 6.61 Å². The number of aliphatic hydroxyl groups is 1. The molecule has 0 aliphatic carbocycles. The van der Waals surface area contributed by atoms with Crippen LogP contribution in [0.1, 0.15) is 46.6 Å². The third-order valence-electron chi connectivity index (χ3n) is 6.13. The zero-order chi connectivity index (χ0) is 27.3. The molecule has 4 aromatic rings. The number of amides is 1. The van der Waals surface area contributed by atoms with Crippen molar-refractivity contribution in [2.24, 2.45) is 0 Å². The van der Waals surface area contributed by atoms with Crippen LogP contribution in [0.3, 0.4) is 0 Å². The number of aromatic nitrogens is 2.